The lowest BCUT2D eigenvalue weighted by Crippen LogP contribution is -2.34. The Hall–Kier alpha value is -2.17. The van der Waals surface area contributed by atoms with Crippen LogP contribution in [0.25, 0.3) is 0 Å². The van der Waals surface area contributed by atoms with Gasteiger partial charge in [-0.25, -0.2) is 0 Å². The Morgan fingerprint density at radius 2 is 1.96 bits per heavy atom. The first-order valence-electron chi connectivity index (χ1n) is 8.58. The Labute approximate surface area is 141 Å². The highest BCUT2D eigenvalue weighted by atomic mass is 16.3. The molecule has 0 aromatic heterocycles. The number of carbonyl (C=O) groups excluding carboxylic acids is 1. The van der Waals surface area contributed by atoms with Gasteiger partial charge in [0.2, 0.25) is 0 Å². The number of fused-ring (bicyclic) bond motifs is 2. The van der Waals surface area contributed by atoms with Crippen LogP contribution in [-0.2, 0) is 12.8 Å². The highest BCUT2D eigenvalue weighted by molar-refractivity contribution is 5.95. The summed E-state index contributed by atoms with van der Waals surface area (Å²) in [6.45, 7) is 0. The predicted molar refractivity (Wildman–Crippen MR) is 92.7 cm³/mol. The van der Waals surface area contributed by atoms with Crippen LogP contribution in [-0.4, -0.2) is 17.1 Å². The zero-order valence-electron chi connectivity index (χ0n) is 13.5. The van der Waals surface area contributed by atoms with Crippen LogP contribution >= 0.6 is 0 Å². The summed E-state index contributed by atoms with van der Waals surface area (Å²) in [7, 11) is 0. The minimum atomic E-state index is -0.572. The van der Waals surface area contributed by atoms with Gasteiger partial charge in [-0.3, -0.25) is 4.79 Å². The fourth-order valence-electron chi connectivity index (χ4n) is 3.97. The third-order valence-electron chi connectivity index (χ3n) is 5.26. The van der Waals surface area contributed by atoms with E-state index in [0.717, 1.165) is 36.0 Å². The van der Waals surface area contributed by atoms with Crippen molar-refractivity contribution in [1.82, 2.24) is 5.32 Å². The molecule has 4 nitrogen and oxygen atoms in total. The van der Waals surface area contributed by atoms with Crippen molar-refractivity contribution >= 4 is 5.91 Å². The number of aliphatic hydroxyl groups is 1. The topological polar surface area (TPSA) is 75.4 Å². The van der Waals surface area contributed by atoms with Crippen LogP contribution in [0.1, 0.15) is 57.5 Å². The molecule has 3 atom stereocenters. The molecule has 2 aliphatic carbocycles. The fraction of sp³-hybridized carbons (Fsp3) is 0.350. The second-order valence-corrected chi connectivity index (χ2v) is 6.83. The molecule has 4 rings (SSSR count). The van der Waals surface area contributed by atoms with Gasteiger partial charge < -0.3 is 16.2 Å². The second-order valence-electron chi connectivity index (χ2n) is 6.83. The molecule has 24 heavy (non-hydrogen) atoms. The number of aliphatic hydroxyl groups excluding tert-OH is 1. The molecule has 4 heteroatoms. The number of benzene rings is 2. The van der Waals surface area contributed by atoms with Gasteiger partial charge in [0, 0.05) is 18.0 Å². The Balaban J connectivity index is 1.57. The van der Waals surface area contributed by atoms with Crippen molar-refractivity contribution in [3.8, 4) is 0 Å². The maximum atomic E-state index is 12.7. The molecule has 0 bridgehead atoms. The molecule has 2 aromatic rings. The summed E-state index contributed by atoms with van der Waals surface area (Å²) < 4.78 is 0. The zero-order valence-corrected chi connectivity index (χ0v) is 13.5. The number of nitrogens with two attached hydrogens (primary N) is 1. The SMILES string of the molecule is NC1CCCc2cc(C(=O)N[C@H]3c4ccccc4C[C@H]3O)ccc21. The van der Waals surface area contributed by atoms with Crippen molar-refractivity contribution in [3.05, 3.63) is 70.3 Å². The quantitative estimate of drug-likeness (QED) is 0.795. The normalized spacial score (nSPS) is 25.0. The van der Waals surface area contributed by atoms with Crippen LogP contribution in [0.4, 0.5) is 0 Å². The van der Waals surface area contributed by atoms with Crippen LogP contribution in [0.2, 0.25) is 0 Å². The molecule has 4 N–H and O–H groups in total. The first-order valence-corrected chi connectivity index (χ1v) is 8.58. The van der Waals surface area contributed by atoms with Crippen LogP contribution in [0, 0.1) is 0 Å². The highest BCUT2D eigenvalue weighted by Gasteiger charge is 2.32. The third-order valence-corrected chi connectivity index (χ3v) is 5.26. The molecular weight excluding hydrogens is 300 g/mol. The first kappa shape index (κ1) is 15.4. The predicted octanol–water partition coefficient (Wildman–Crippen LogP) is 2.41. The van der Waals surface area contributed by atoms with Crippen molar-refractivity contribution in [2.75, 3.05) is 0 Å². The fourth-order valence-corrected chi connectivity index (χ4v) is 3.97. The number of hydrogen-bond acceptors (Lipinski definition) is 3. The third kappa shape index (κ3) is 2.62. The molecule has 124 valence electrons. The molecule has 1 amide bonds. The van der Waals surface area contributed by atoms with Gasteiger partial charge in [0.1, 0.15) is 0 Å². The van der Waals surface area contributed by atoms with E-state index in [2.05, 4.69) is 5.32 Å². The maximum absolute atomic E-state index is 12.7. The van der Waals surface area contributed by atoms with Gasteiger partial charge in [0.15, 0.2) is 0 Å². The average Bonchev–Trinajstić information content (AvgIpc) is 2.90. The Kier molecular flexibility index (Phi) is 3.87. The van der Waals surface area contributed by atoms with Crippen molar-refractivity contribution in [3.63, 3.8) is 0 Å². The standard InChI is InChI=1S/C20H22N2O2/c21-17-7-3-5-12-10-14(8-9-15(12)17)20(24)22-19-16-6-2-1-4-13(16)11-18(19)23/h1-2,4,6,8-10,17-19,23H,3,5,7,11,21H2,(H,22,24)/t17?,18-,19+/m1/s1. The van der Waals surface area contributed by atoms with E-state index >= 15 is 0 Å². The number of aryl methyl sites for hydroxylation is 1. The highest BCUT2D eigenvalue weighted by Crippen LogP contribution is 2.32. The van der Waals surface area contributed by atoms with Crippen LogP contribution in [0.3, 0.4) is 0 Å². The monoisotopic (exact) mass is 322 g/mol. The summed E-state index contributed by atoms with van der Waals surface area (Å²) in [6.07, 6.45) is 3.05. The lowest BCUT2D eigenvalue weighted by Gasteiger charge is -2.23. The minimum absolute atomic E-state index is 0.0781. The number of hydrogen-bond donors (Lipinski definition) is 3. The first-order chi connectivity index (χ1) is 11.6. The van der Waals surface area contributed by atoms with E-state index in [1.54, 1.807) is 0 Å². The number of amides is 1. The molecule has 0 saturated heterocycles. The van der Waals surface area contributed by atoms with Crippen molar-refractivity contribution < 1.29 is 9.90 Å². The molecule has 0 heterocycles. The van der Waals surface area contributed by atoms with E-state index < -0.39 is 6.10 Å². The smallest absolute Gasteiger partial charge is 0.251 e. The van der Waals surface area contributed by atoms with Gasteiger partial charge >= 0.3 is 0 Å². The molecule has 2 aromatic carbocycles. The Morgan fingerprint density at radius 1 is 1.12 bits per heavy atom. The molecule has 1 unspecified atom stereocenters. The molecule has 0 fully saturated rings. The summed E-state index contributed by atoms with van der Waals surface area (Å²) in [5.41, 5.74) is 11.2. The summed E-state index contributed by atoms with van der Waals surface area (Å²) in [5.74, 6) is -0.141. The van der Waals surface area contributed by atoms with E-state index in [4.69, 9.17) is 5.73 Å². The summed E-state index contributed by atoms with van der Waals surface area (Å²) in [5, 5.41) is 13.3. The molecule has 0 spiro atoms. The maximum Gasteiger partial charge on any atom is 0.251 e. The number of rotatable bonds is 2. The van der Waals surface area contributed by atoms with Crippen LogP contribution in [0.15, 0.2) is 42.5 Å². The molecule has 0 saturated carbocycles. The van der Waals surface area contributed by atoms with Gasteiger partial charge in [-0.05, 0) is 53.6 Å². The van der Waals surface area contributed by atoms with Crippen LogP contribution < -0.4 is 11.1 Å². The summed E-state index contributed by atoms with van der Waals surface area (Å²) in [4.78, 5) is 12.7. The summed E-state index contributed by atoms with van der Waals surface area (Å²) >= 11 is 0. The van der Waals surface area contributed by atoms with Gasteiger partial charge in [-0.15, -0.1) is 0 Å². The largest absolute Gasteiger partial charge is 0.390 e. The second kappa shape index (κ2) is 6.04. The average molecular weight is 322 g/mol. The summed E-state index contributed by atoms with van der Waals surface area (Å²) in [6, 6.07) is 13.4. The van der Waals surface area contributed by atoms with Crippen molar-refractivity contribution in [2.45, 2.75) is 43.9 Å². The number of carbonyl (C=O) groups is 1. The van der Waals surface area contributed by atoms with Gasteiger partial charge in [0.25, 0.3) is 5.91 Å². The Morgan fingerprint density at radius 3 is 2.83 bits per heavy atom. The lowest BCUT2D eigenvalue weighted by atomic mass is 9.87. The van der Waals surface area contributed by atoms with Crippen molar-refractivity contribution in [2.24, 2.45) is 5.73 Å². The minimum Gasteiger partial charge on any atom is -0.390 e. The molecule has 0 radical (unpaired) electrons. The van der Waals surface area contributed by atoms with Gasteiger partial charge in [-0.2, -0.15) is 0 Å². The van der Waals surface area contributed by atoms with E-state index in [0.29, 0.717) is 12.0 Å². The van der Waals surface area contributed by atoms with E-state index in [1.807, 2.05) is 42.5 Å². The van der Waals surface area contributed by atoms with E-state index in [-0.39, 0.29) is 18.0 Å². The van der Waals surface area contributed by atoms with Gasteiger partial charge in [0.05, 0.1) is 12.1 Å². The van der Waals surface area contributed by atoms with Gasteiger partial charge in [-0.1, -0.05) is 30.3 Å². The lowest BCUT2D eigenvalue weighted by molar-refractivity contribution is 0.0858. The molecule has 0 aliphatic heterocycles. The van der Waals surface area contributed by atoms with Crippen LogP contribution in [0.5, 0.6) is 0 Å². The molecular formula is C20H22N2O2. The molecule has 2 aliphatic rings. The zero-order chi connectivity index (χ0) is 16.7. The van der Waals surface area contributed by atoms with E-state index in [9.17, 15) is 9.90 Å². The van der Waals surface area contributed by atoms with E-state index in [1.165, 1.54) is 5.56 Å². The van der Waals surface area contributed by atoms with Crippen molar-refractivity contribution in [1.29, 1.82) is 0 Å². The number of nitrogens with one attached hydrogen (secondary N) is 1. The Bertz CT molecular complexity index is 787.